The smallest absolute Gasteiger partial charge is 0.254 e. The van der Waals surface area contributed by atoms with E-state index in [0.29, 0.717) is 19.1 Å². The number of aryl methyl sites for hydroxylation is 1. The molecular weight excluding hydrogens is 352 g/mol. The Labute approximate surface area is 166 Å². The highest BCUT2D eigenvalue weighted by Crippen LogP contribution is 2.37. The molecule has 0 aromatic heterocycles. The fourth-order valence-electron chi connectivity index (χ4n) is 3.35. The van der Waals surface area contributed by atoms with Crippen LogP contribution in [0.4, 0.5) is 5.69 Å². The highest BCUT2D eigenvalue weighted by Gasteiger charge is 2.37. The van der Waals surface area contributed by atoms with Crippen molar-refractivity contribution in [1.29, 1.82) is 0 Å². The summed E-state index contributed by atoms with van der Waals surface area (Å²) >= 11 is 0. The van der Waals surface area contributed by atoms with Crippen molar-refractivity contribution in [1.82, 2.24) is 5.32 Å². The molecule has 28 heavy (non-hydrogen) atoms. The van der Waals surface area contributed by atoms with E-state index in [-0.39, 0.29) is 11.8 Å². The quantitative estimate of drug-likeness (QED) is 0.785. The Hall–Kier alpha value is -2.82. The van der Waals surface area contributed by atoms with Crippen LogP contribution in [0, 0.1) is 12.8 Å². The van der Waals surface area contributed by atoms with Crippen LogP contribution < -0.4 is 15.0 Å². The molecule has 5 nitrogen and oxygen atoms in total. The number of anilines is 1. The highest BCUT2D eigenvalue weighted by molar-refractivity contribution is 6.06. The molecule has 3 rings (SSSR count). The monoisotopic (exact) mass is 380 g/mol. The molecule has 5 heteroatoms. The van der Waals surface area contributed by atoms with Crippen molar-refractivity contribution >= 4 is 17.5 Å². The zero-order valence-electron chi connectivity index (χ0n) is 17.0. The lowest BCUT2D eigenvalue weighted by molar-refractivity contribution is -0.126. The Kier molecular flexibility index (Phi) is 6.02. The van der Waals surface area contributed by atoms with Crippen LogP contribution in [0.25, 0.3) is 0 Å². The average Bonchev–Trinajstić information content (AvgIpc) is 2.87. The van der Waals surface area contributed by atoms with Crippen LogP contribution >= 0.6 is 0 Å². The summed E-state index contributed by atoms with van der Waals surface area (Å²) in [7, 11) is 0. The van der Waals surface area contributed by atoms with Crippen LogP contribution in [0.2, 0.25) is 0 Å². The van der Waals surface area contributed by atoms with E-state index in [1.54, 1.807) is 4.90 Å². The third-order valence-corrected chi connectivity index (χ3v) is 4.87. The largest absolute Gasteiger partial charge is 0.494 e. The Bertz CT molecular complexity index is 859. The molecule has 1 aliphatic rings. The maximum atomic E-state index is 13.0. The Morgan fingerprint density at radius 3 is 2.54 bits per heavy atom. The minimum Gasteiger partial charge on any atom is -0.494 e. The van der Waals surface area contributed by atoms with Crippen LogP contribution in [-0.2, 0) is 16.1 Å². The van der Waals surface area contributed by atoms with Gasteiger partial charge in [0.1, 0.15) is 11.8 Å². The van der Waals surface area contributed by atoms with E-state index in [1.807, 2.05) is 49.4 Å². The van der Waals surface area contributed by atoms with Gasteiger partial charge in [0.25, 0.3) is 5.91 Å². The molecule has 0 radical (unpaired) electrons. The summed E-state index contributed by atoms with van der Waals surface area (Å²) < 4.78 is 5.77. The van der Waals surface area contributed by atoms with E-state index >= 15 is 0 Å². The Morgan fingerprint density at radius 1 is 1.18 bits per heavy atom. The van der Waals surface area contributed by atoms with Gasteiger partial charge in [-0.15, -0.1) is 0 Å². The molecule has 0 saturated heterocycles. The maximum absolute atomic E-state index is 13.0. The van der Waals surface area contributed by atoms with E-state index in [1.165, 1.54) is 6.92 Å². The van der Waals surface area contributed by atoms with Crippen LogP contribution in [-0.4, -0.2) is 18.4 Å². The second-order valence-corrected chi connectivity index (χ2v) is 7.80. The Morgan fingerprint density at radius 2 is 1.89 bits per heavy atom. The number of carbonyl (C=O) groups excluding carboxylic acids is 2. The van der Waals surface area contributed by atoms with Crippen molar-refractivity contribution < 1.29 is 14.3 Å². The van der Waals surface area contributed by atoms with Gasteiger partial charge < -0.3 is 15.0 Å². The summed E-state index contributed by atoms with van der Waals surface area (Å²) in [4.78, 5) is 26.3. The molecule has 148 valence electrons. The number of fused-ring (bicyclic) bond motifs is 1. The number of nitrogens with zero attached hydrogens (tertiary/aromatic N) is 1. The molecule has 0 bridgehead atoms. The van der Waals surface area contributed by atoms with Gasteiger partial charge in [-0.3, -0.25) is 9.59 Å². The zero-order valence-corrected chi connectivity index (χ0v) is 17.0. The molecule has 0 unspecified atom stereocenters. The maximum Gasteiger partial charge on any atom is 0.254 e. The third kappa shape index (κ3) is 4.53. The minimum atomic E-state index is -0.619. The fraction of sp³-hybridized carbons (Fsp3) is 0.391. The zero-order chi connectivity index (χ0) is 20.3. The van der Waals surface area contributed by atoms with Gasteiger partial charge in [-0.25, -0.2) is 0 Å². The minimum absolute atomic E-state index is 0.104. The topological polar surface area (TPSA) is 58.6 Å². The van der Waals surface area contributed by atoms with Crippen molar-refractivity contribution in [3.63, 3.8) is 0 Å². The number of amides is 2. The standard InChI is InChI=1S/C23H28N2O3/c1-15(2)11-12-28-19-8-6-18(7-9-19)14-25-21-10-5-16(3)13-20(21)22(23(25)27)24-17(4)26/h5-10,13,15,22H,11-12,14H2,1-4H3,(H,24,26)/t22-/m1/s1. The molecule has 1 aliphatic heterocycles. The van der Waals surface area contributed by atoms with Gasteiger partial charge in [-0.05, 0) is 43.0 Å². The third-order valence-electron chi connectivity index (χ3n) is 4.87. The molecule has 2 aromatic carbocycles. The molecule has 2 aromatic rings. The summed E-state index contributed by atoms with van der Waals surface area (Å²) in [5.74, 6) is 1.13. The molecule has 0 fully saturated rings. The van der Waals surface area contributed by atoms with E-state index in [2.05, 4.69) is 19.2 Å². The second kappa shape index (κ2) is 8.46. The SMILES string of the molecule is CC(=O)N[C@H]1C(=O)N(Cc2ccc(OCCC(C)C)cc2)c2ccc(C)cc21. The summed E-state index contributed by atoms with van der Waals surface area (Å²) in [6.45, 7) is 8.92. The highest BCUT2D eigenvalue weighted by atomic mass is 16.5. The number of hydrogen-bond acceptors (Lipinski definition) is 3. The lowest BCUT2D eigenvalue weighted by atomic mass is 10.1. The van der Waals surface area contributed by atoms with E-state index in [4.69, 9.17) is 4.74 Å². The average molecular weight is 380 g/mol. The molecule has 1 N–H and O–H groups in total. The number of benzene rings is 2. The molecule has 0 spiro atoms. The van der Waals surface area contributed by atoms with Gasteiger partial charge in [0.05, 0.1) is 13.2 Å². The lowest BCUT2D eigenvalue weighted by Crippen LogP contribution is -2.36. The van der Waals surface area contributed by atoms with E-state index in [0.717, 1.165) is 34.5 Å². The van der Waals surface area contributed by atoms with Crippen molar-refractivity contribution in [2.45, 2.75) is 46.7 Å². The van der Waals surface area contributed by atoms with Gasteiger partial charge in [0.15, 0.2) is 0 Å². The number of hydrogen-bond donors (Lipinski definition) is 1. The summed E-state index contributed by atoms with van der Waals surface area (Å²) in [5.41, 5.74) is 3.78. The van der Waals surface area contributed by atoms with Crippen LogP contribution in [0.15, 0.2) is 42.5 Å². The van der Waals surface area contributed by atoms with Crippen molar-refractivity contribution in [2.24, 2.45) is 5.92 Å². The molecule has 2 amide bonds. The van der Waals surface area contributed by atoms with Gasteiger partial charge in [0.2, 0.25) is 5.91 Å². The van der Waals surface area contributed by atoms with Crippen LogP contribution in [0.3, 0.4) is 0 Å². The second-order valence-electron chi connectivity index (χ2n) is 7.80. The predicted octanol–water partition coefficient (Wildman–Crippen LogP) is 4.14. The van der Waals surface area contributed by atoms with Crippen LogP contribution in [0.1, 0.15) is 49.9 Å². The number of ether oxygens (including phenoxy) is 1. The summed E-state index contributed by atoms with van der Waals surface area (Å²) in [5, 5.41) is 2.78. The number of carbonyl (C=O) groups is 2. The molecule has 1 atom stereocenters. The van der Waals surface area contributed by atoms with Gasteiger partial charge >= 0.3 is 0 Å². The van der Waals surface area contributed by atoms with Gasteiger partial charge in [0, 0.05) is 18.2 Å². The lowest BCUT2D eigenvalue weighted by Gasteiger charge is -2.18. The van der Waals surface area contributed by atoms with E-state index in [9.17, 15) is 9.59 Å². The van der Waals surface area contributed by atoms with E-state index < -0.39 is 6.04 Å². The first kappa shape index (κ1) is 19.9. The predicted molar refractivity (Wildman–Crippen MR) is 110 cm³/mol. The summed E-state index contributed by atoms with van der Waals surface area (Å²) in [6.07, 6.45) is 1.02. The van der Waals surface area contributed by atoms with Gasteiger partial charge in [-0.2, -0.15) is 0 Å². The number of rotatable bonds is 7. The molecule has 0 aliphatic carbocycles. The van der Waals surface area contributed by atoms with Crippen molar-refractivity contribution in [3.05, 3.63) is 59.2 Å². The fourth-order valence-corrected chi connectivity index (χ4v) is 3.35. The first-order valence-electron chi connectivity index (χ1n) is 9.76. The van der Waals surface area contributed by atoms with Crippen molar-refractivity contribution in [3.8, 4) is 5.75 Å². The molecule has 0 saturated carbocycles. The summed E-state index contributed by atoms with van der Waals surface area (Å²) in [6, 6.07) is 13.1. The first-order valence-corrected chi connectivity index (χ1v) is 9.76. The molecule has 1 heterocycles. The molecular formula is C23H28N2O3. The number of nitrogens with one attached hydrogen (secondary N) is 1. The first-order chi connectivity index (χ1) is 13.3. The van der Waals surface area contributed by atoms with Gasteiger partial charge in [-0.1, -0.05) is 43.7 Å². The Balaban J connectivity index is 1.75. The van der Waals surface area contributed by atoms with Crippen LogP contribution in [0.5, 0.6) is 5.75 Å². The van der Waals surface area contributed by atoms with Crippen molar-refractivity contribution in [2.75, 3.05) is 11.5 Å². The normalized spacial score (nSPS) is 15.7.